The summed E-state index contributed by atoms with van der Waals surface area (Å²) in [6.45, 7) is 3.66. The lowest BCUT2D eigenvalue weighted by Crippen LogP contribution is -2.25. The largest absolute Gasteiger partial charge is 0.291 e. The lowest BCUT2D eigenvalue weighted by molar-refractivity contribution is 0.245. The fourth-order valence-corrected chi connectivity index (χ4v) is 4.48. The lowest BCUT2D eigenvalue weighted by Gasteiger charge is -2.24. The van der Waals surface area contributed by atoms with Crippen LogP contribution in [0.25, 0.3) is 4.96 Å². The summed E-state index contributed by atoms with van der Waals surface area (Å²) in [7, 11) is 0. The van der Waals surface area contributed by atoms with Crippen molar-refractivity contribution in [1.29, 1.82) is 0 Å². The quantitative estimate of drug-likeness (QED) is 0.707. The molecule has 2 aromatic heterocycles. The third kappa shape index (κ3) is 2.88. The molecular formula is C18H18ClN3OS. The van der Waals surface area contributed by atoms with Gasteiger partial charge in [0, 0.05) is 34.7 Å². The molecule has 1 saturated heterocycles. The van der Waals surface area contributed by atoms with Crippen molar-refractivity contribution >= 4 is 27.9 Å². The molecule has 1 atom stereocenters. The Kier molecular flexibility index (Phi) is 4.16. The average molecular weight is 360 g/mol. The van der Waals surface area contributed by atoms with Crippen molar-refractivity contribution in [3.05, 3.63) is 68.0 Å². The zero-order valence-electron chi connectivity index (χ0n) is 13.4. The van der Waals surface area contributed by atoms with Crippen molar-refractivity contribution < 1.29 is 0 Å². The number of rotatable bonds is 3. The summed E-state index contributed by atoms with van der Waals surface area (Å²) >= 11 is 7.52. The number of aromatic nitrogens is 2. The predicted molar refractivity (Wildman–Crippen MR) is 97.9 cm³/mol. The van der Waals surface area contributed by atoms with Crippen LogP contribution in [-0.4, -0.2) is 20.8 Å². The molecule has 24 heavy (non-hydrogen) atoms. The van der Waals surface area contributed by atoms with Crippen molar-refractivity contribution in [2.45, 2.75) is 32.4 Å². The molecule has 4 nitrogen and oxygen atoms in total. The number of likely N-dealkylation sites (tertiary alicyclic amines) is 1. The zero-order valence-corrected chi connectivity index (χ0v) is 15.0. The van der Waals surface area contributed by atoms with E-state index in [4.69, 9.17) is 11.6 Å². The summed E-state index contributed by atoms with van der Waals surface area (Å²) < 4.78 is 1.68. The molecule has 124 valence electrons. The fourth-order valence-electron chi connectivity index (χ4n) is 3.47. The molecule has 4 rings (SSSR count). The first kappa shape index (κ1) is 15.8. The molecule has 1 fully saturated rings. The Balaban J connectivity index is 1.62. The van der Waals surface area contributed by atoms with Crippen LogP contribution in [0.3, 0.4) is 0 Å². The van der Waals surface area contributed by atoms with E-state index in [1.807, 2.05) is 24.4 Å². The van der Waals surface area contributed by atoms with Crippen LogP contribution in [0, 0.1) is 6.92 Å². The number of benzene rings is 1. The number of fused-ring (bicyclic) bond motifs is 1. The van der Waals surface area contributed by atoms with E-state index in [2.05, 4.69) is 22.0 Å². The highest BCUT2D eigenvalue weighted by atomic mass is 35.5. The molecule has 0 radical (unpaired) electrons. The average Bonchev–Trinajstić information content (AvgIpc) is 3.15. The normalized spacial score (nSPS) is 18.5. The third-order valence-corrected chi connectivity index (χ3v) is 5.81. The van der Waals surface area contributed by atoms with Gasteiger partial charge >= 0.3 is 0 Å². The minimum atomic E-state index is 0.0102. The Morgan fingerprint density at radius 1 is 1.33 bits per heavy atom. The highest BCUT2D eigenvalue weighted by Crippen LogP contribution is 2.33. The highest BCUT2D eigenvalue weighted by molar-refractivity contribution is 7.15. The summed E-state index contributed by atoms with van der Waals surface area (Å²) in [6.07, 6.45) is 2.29. The number of thiazole rings is 1. The second kappa shape index (κ2) is 6.31. The van der Waals surface area contributed by atoms with Gasteiger partial charge in [0.25, 0.3) is 5.56 Å². The molecule has 0 spiro atoms. The van der Waals surface area contributed by atoms with Gasteiger partial charge in [-0.25, -0.2) is 4.98 Å². The van der Waals surface area contributed by atoms with Gasteiger partial charge in [-0.2, -0.15) is 0 Å². The first-order valence-electron chi connectivity index (χ1n) is 8.08. The van der Waals surface area contributed by atoms with Gasteiger partial charge < -0.3 is 0 Å². The molecule has 0 unspecified atom stereocenters. The van der Waals surface area contributed by atoms with Gasteiger partial charge in [0.2, 0.25) is 0 Å². The molecule has 0 saturated carbocycles. The Morgan fingerprint density at radius 2 is 2.12 bits per heavy atom. The maximum Gasteiger partial charge on any atom is 0.259 e. The molecule has 0 amide bonds. The minimum Gasteiger partial charge on any atom is -0.291 e. The third-order valence-electron chi connectivity index (χ3n) is 4.61. The second-order valence-corrected chi connectivity index (χ2v) is 7.53. The predicted octanol–water partition coefficient (Wildman–Crippen LogP) is 4.05. The number of hydrogen-bond acceptors (Lipinski definition) is 4. The maximum absolute atomic E-state index is 12.3. The molecule has 0 aliphatic carbocycles. The van der Waals surface area contributed by atoms with Gasteiger partial charge in [-0.15, -0.1) is 11.3 Å². The Hall–Kier alpha value is -1.69. The van der Waals surface area contributed by atoms with Crippen LogP contribution in [0.1, 0.15) is 35.8 Å². The van der Waals surface area contributed by atoms with Crippen molar-refractivity contribution in [3.8, 4) is 0 Å². The maximum atomic E-state index is 12.3. The molecule has 0 N–H and O–H groups in total. The molecule has 1 aliphatic heterocycles. The highest BCUT2D eigenvalue weighted by Gasteiger charge is 2.26. The van der Waals surface area contributed by atoms with Gasteiger partial charge in [-0.1, -0.05) is 23.7 Å². The minimum absolute atomic E-state index is 0.0102. The topological polar surface area (TPSA) is 37.6 Å². The number of nitrogens with zero attached hydrogens (tertiary/aromatic N) is 3. The van der Waals surface area contributed by atoms with Crippen LogP contribution in [0.5, 0.6) is 0 Å². The van der Waals surface area contributed by atoms with E-state index in [1.165, 1.54) is 16.9 Å². The Morgan fingerprint density at radius 3 is 2.92 bits per heavy atom. The molecule has 1 aliphatic rings. The Bertz CT molecular complexity index is 932. The number of aryl methyl sites for hydroxylation is 1. The lowest BCUT2D eigenvalue weighted by atomic mass is 10.0. The van der Waals surface area contributed by atoms with Crippen LogP contribution in [0.15, 0.2) is 40.5 Å². The van der Waals surface area contributed by atoms with E-state index < -0.39 is 0 Å². The van der Waals surface area contributed by atoms with Crippen LogP contribution >= 0.6 is 22.9 Å². The first-order chi connectivity index (χ1) is 11.6. The zero-order chi connectivity index (χ0) is 16.7. The standard InChI is InChI=1S/C18H18ClN3OS/c1-12-11-24-18-20-15(9-17(23)22(12)18)10-21-8-2-3-16(21)13-4-6-14(19)7-5-13/h4-7,9,11,16H,2-3,8,10H2,1H3/t16-/m1/s1. The monoisotopic (exact) mass is 359 g/mol. The SMILES string of the molecule is Cc1csc2nc(CN3CCC[C@@H]3c3ccc(Cl)cc3)cc(=O)n12. The van der Waals surface area contributed by atoms with Gasteiger partial charge in [-0.3, -0.25) is 14.1 Å². The van der Waals surface area contributed by atoms with Crippen LogP contribution in [0.2, 0.25) is 5.02 Å². The van der Waals surface area contributed by atoms with Crippen molar-refractivity contribution in [3.63, 3.8) is 0 Å². The number of hydrogen-bond donors (Lipinski definition) is 0. The van der Waals surface area contributed by atoms with E-state index in [-0.39, 0.29) is 5.56 Å². The van der Waals surface area contributed by atoms with Crippen LogP contribution in [-0.2, 0) is 6.54 Å². The van der Waals surface area contributed by atoms with E-state index in [1.54, 1.807) is 10.5 Å². The van der Waals surface area contributed by atoms with Crippen molar-refractivity contribution in [1.82, 2.24) is 14.3 Å². The summed E-state index contributed by atoms with van der Waals surface area (Å²) in [5.41, 5.74) is 3.08. The van der Waals surface area contributed by atoms with Crippen molar-refractivity contribution in [2.75, 3.05) is 6.54 Å². The smallest absolute Gasteiger partial charge is 0.259 e. The summed E-state index contributed by atoms with van der Waals surface area (Å²) in [6, 6.07) is 10.1. The van der Waals surface area contributed by atoms with Crippen LogP contribution < -0.4 is 5.56 Å². The van der Waals surface area contributed by atoms with Gasteiger partial charge in [0.05, 0.1) is 5.69 Å². The van der Waals surface area contributed by atoms with E-state index in [9.17, 15) is 4.79 Å². The summed E-state index contributed by atoms with van der Waals surface area (Å²) in [4.78, 5) is 20.2. The van der Waals surface area contributed by atoms with Gasteiger partial charge in [-0.05, 0) is 44.0 Å². The van der Waals surface area contributed by atoms with E-state index in [0.29, 0.717) is 12.6 Å². The molecule has 3 heterocycles. The molecule has 0 bridgehead atoms. The second-order valence-electron chi connectivity index (χ2n) is 6.26. The fraction of sp³-hybridized carbons (Fsp3) is 0.333. The van der Waals surface area contributed by atoms with E-state index >= 15 is 0 Å². The first-order valence-corrected chi connectivity index (χ1v) is 9.34. The Labute approximate surface area is 149 Å². The van der Waals surface area contributed by atoms with Gasteiger partial charge in [0.15, 0.2) is 4.96 Å². The van der Waals surface area contributed by atoms with Crippen LogP contribution in [0.4, 0.5) is 0 Å². The summed E-state index contributed by atoms with van der Waals surface area (Å²) in [5, 5.41) is 2.73. The van der Waals surface area contributed by atoms with Gasteiger partial charge in [0.1, 0.15) is 0 Å². The molecule has 6 heteroatoms. The molecular weight excluding hydrogens is 342 g/mol. The molecule has 3 aromatic rings. The van der Waals surface area contributed by atoms with E-state index in [0.717, 1.165) is 40.8 Å². The molecule has 1 aromatic carbocycles. The van der Waals surface area contributed by atoms with Crippen molar-refractivity contribution in [2.24, 2.45) is 0 Å². The number of halogens is 1. The summed E-state index contributed by atoms with van der Waals surface area (Å²) in [5.74, 6) is 0.